The summed E-state index contributed by atoms with van der Waals surface area (Å²) in [7, 11) is 0. The van der Waals surface area contributed by atoms with Crippen molar-refractivity contribution >= 4 is 11.4 Å². The molecule has 112 valence electrons. The molecule has 0 bridgehead atoms. The highest BCUT2D eigenvalue weighted by molar-refractivity contribution is 5.58. The van der Waals surface area contributed by atoms with Gasteiger partial charge in [0, 0.05) is 24.5 Å². The molecule has 0 radical (unpaired) electrons. The molecule has 0 heterocycles. The van der Waals surface area contributed by atoms with E-state index in [0.717, 1.165) is 19.5 Å². The topological polar surface area (TPSA) is 24.1 Å². The second-order valence-electron chi connectivity index (χ2n) is 5.80. The largest absolute Gasteiger partial charge is 0.385 e. The Labute approximate surface area is 128 Å². The second kappa shape index (κ2) is 7.16. The number of rotatable bonds is 6. The minimum atomic E-state index is 0.988. The lowest BCUT2D eigenvalue weighted by Crippen LogP contribution is -2.11. The van der Waals surface area contributed by atoms with E-state index >= 15 is 0 Å². The molecule has 2 aromatic carbocycles. The molecule has 0 saturated carbocycles. The standard InChI is InChI=1S/C19H26N2/c1-14-12-16(3)19(17(4)13-14)21-11-7-10-20-18-9-6-5-8-15(18)2/h5-6,8-9,12-13,20-21H,7,10-11H2,1-4H3. The van der Waals surface area contributed by atoms with Crippen LogP contribution in [0.15, 0.2) is 36.4 Å². The molecule has 2 aromatic rings. The molecule has 0 amide bonds. The highest BCUT2D eigenvalue weighted by Crippen LogP contribution is 2.21. The summed E-state index contributed by atoms with van der Waals surface area (Å²) in [6.07, 6.45) is 1.10. The van der Waals surface area contributed by atoms with Gasteiger partial charge in [0.2, 0.25) is 0 Å². The van der Waals surface area contributed by atoms with E-state index in [0.29, 0.717) is 0 Å². The smallest absolute Gasteiger partial charge is 0.0399 e. The molecule has 2 heteroatoms. The number of anilines is 2. The number of hydrogen-bond acceptors (Lipinski definition) is 2. The SMILES string of the molecule is Cc1cc(C)c(NCCCNc2ccccc2C)c(C)c1. The molecule has 21 heavy (non-hydrogen) atoms. The molecule has 0 aliphatic rings. The van der Waals surface area contributed by atoms with Crippen molar-refractivity contribution in [1.82, 2.24) is 0 Å². The van der Waals surface area contributed by atoms with Crippen molar-refractivity contribution in [2.24, 2.45) is 0 Å². The first-order chi connectivity index (χ1) is 10.1. The Morgan fingerprint density at radius 2 is 1.38 bits per heavy atom. The molecule has 2 rings (SSSR count). The van der Waals surface area contributed by atoms with Crippen LogP contribution in [0.2, 0.25) is 0 Å². The Balaban J connectivity index is 1.79. The number of hydrogen-bond donors (Lipinski definition) is 2. The summed E-state index contributed by atoms with van der Waals surface area (Å²) < 4.78 is 0. The van der Waals surface area contributed by atoms with Crippen molar-refractivity contribution in [2.45, 2.75) is 34.1 Å². The third-order valence-electron chi connectivity index (χ3n) is 3.79. The van der Waals surface area contributed by atoms with Gasteiger partial charge in [-0.15, -0.1) is 0 Å². The summed E-state index contributed by atoms with van der Waals surface area (Å²) in [6.45, 7) is 10.6. The van der Waals surface area contributed by atoms with Gasteiger partial charge in [0.1, 0.15) is 0 Å². The van der Waals surface area contributed by atoms with Gasteiger partial charge in [-0.2, -0.15) is 0 Å². The molecule has 0 fully saturated rings. The summed E-state index contributed by atoms with van der Waals surface area (Å²) in [6, 6.07) is 12.9. The van der Waals surface area contributed by atoms with Crippen LogP contribution in [0, 0.1) is 27.7 Å². The summed E-state index contributed by atoms with van der Waals surface area (Å²) in [5, 5.41) is 7.07. The summed E-state index contributed by atoms with van der Waals surface area (Å²) in [4.78, 5) is 0. The van der Waals surface area contributed by atoms with Gasteiger partial charge in [-0.25, -0.2) is 0 Å². The average Bonchev–Trinajstić information content (AvgIpc) is 2.42. The zero-order chi connectivity index (χ0) is 15.2. The average molecular weight is 282 g/mol. The highest BCUT2D eigenvalue weighted by Gasteiger charge is 2.02. The van der Waals surface area contributed by atoms with Crippen LogP contribution in [0.3, 0.4) is 0 Å². The summed E-state index contributed by atoms with van der Waals surface area (Å²) >= 11 is 0. The first kappa shape index (κ1) is 15.4. The van der Waals surface area contributed by atoms with Crippen LogP contribution in [0.5, 0.6) is 0 Å². The van der Waals surface area contributed by atoms with Crippen LogP contribution in [0.4, 0.5) is 11.4 Å². The van der Waals surface area contributed by atoms with E-state index in [1.165, 1.54) is 33.6 Å². The third-order valence-corrected chi connectivity index (χ3v) is 3.79. The van der Waals surface area contributed by atoms with E-state index in [1.807, 2.05) is 0 Å². The molecule has 0 atom stereocenters. The minimum absolute atomic E-state index is 0.988. The van der Waals surface area contributed by atoms with E-state index in [4.69, 9.17) is 0 Å². The Hall–Kier alpha value is -1.96. The first-order valence-electron chi connectivity index (χ1n) is 7.69. The molecular formula is C19H26N2. The van der Waals surface area contributed by atoms with Gasteiger partial charge in [0.05, 0.1) is 0 Å². The minimum Gasteiger partial charge on any atom is -0.385 e. The van der Waals surface area contributed by atoms with Gasteiger partial charge in [0.15, 0.2) is 0 Å². The molecule has 0 aliphatic heterocycles. The molecule has 0 aromatic heterocycles. The van der Waals surface area contributed by atoms with Crippen molar-refractivity contribution in [3.63, 3.8) is 0 Å². The number of para-hydroxylation sites is 1. The molecule has 0 saturated heterocycles. The van der Waals surface area contributed by atoms with E-state index < -0.39 is 0 Å². The van der Waals surface area contributed by atoms with Crippen molar-refractivity contribution in [3.05, 3.63) is 58.7 Å². The number of benzene rings is 2. The fraction of sp³-hybridized carbons (Fsp3) is 0.368. The van der Waals surface area contributed by atoms with Gasteiger partial charge in [-0.1, -0.05) is 35.9 Å². The Bertz CT molecular complexity index is 579. The number of aryl methyl sites for hydroxylation is 4. The Kier molecular flexibility index (Phi) is 5.26. The summed E-state index contributed by atoms with van der Waals surface area (Å²) in [5.41, 5.74) is 7.82. The maximum Gasteiger partial charge on any atom is 0.0399 e. The normalized spacial score (nSPS) is 10.5. The summed E-state index contributed by atoms with van der Waals surface area (Å²) in [5.74, 6) is 0. The van der Waals surface area contributed by atoms with Gasteiger partial charge in [0.25, 0.3) is 0 Å². The third kappa shape index (κ3) is 4.25. The van der Waals surface area contributed by atoms with Crippen LogP contribution in [0.1, 0.15) is 28.7 Å². The molecule has 0 spiro atoms. The Morgan fingerprint density at radius 3 is 2.05 bits per heavy atom. The highest BCUT2D eigenvalue weighted by atomic mass is 14.9. The Morgan fingerprint density at radius 1 is 0.762 bits per heavy atom. The lowest BCUT2D eigenvalue weighted by molar-refractivity contribution is 0.905. The molecule has 2 N–H and O–H groups in total. The van der Waals surface area contributed by atoms with Crippen LogP contribution < -0.4 is 10.6 Å². The van der Waals surface area contributed by atoms with Crippen LogP contribution in [-0.2, 0) is 0 Å². The van der Waals surface area contributed by atoms with Gasteiger partial charge >= 0.3 is 0 Å². The monoisotopic (exact) mass is 282 g/mol. The van der Waals surface area contributed by atoms with E-state index in [1.54, 1.807) is 0 Å². The van der Waals surface area contributed by atoms with Crippen molar-refractivity contribution < 1.29 is 0 Å². The van der Waals surface area contributed by atoms with Gasteiger partial charge in [-0.3, -0.25) is 0 Å². The zero-order valence-corrected chi connectivity index (χ0v) is 13.6. The maximum absolute atomic E-state index is 3.57. The lowest BCUT2D eigenvalue weighted by Gasteiger charge is -2.14. The second-order valence-corrected chi connectivity index (χ2v) is 5.80. The maximum atomic E-state index is 3.57. The fourth-order valence-corrected chi connectivity index (χ4v) is 2.75. The molecular weight excluding hydrogens is 256 g/mol. The van der Waals surface area contributed by atoms with Gasteiger partial charge in [-0.05, 0) is 56.9 Å². The van der Waals surface area contributed by atoms with Crippen LogP contribution in [0.25, 0.3) is 0 Å². The van der Waals surface area contributed by atoms with Crippen molar-refractivity contribution in [1.29, 1.82) is 0 Å². The lowest BCUT2D eigenvalue weighted by atomic mass is 10.1. The van der Waals surface area contributed by atoms with Crippen molar-refractivity contribution in [3.8, 4) is 0 Å². The molecule has 0 aliphatic carbocycles. The number of nitrogens with one attached hydrogen (secondary N) is 2. The predicted octanol–water partition coefficient (Wildman–Crippen LogP) is 4.83. The van der Waals surface area contributed by atoms with Crippen LogP contribution >= 0.6 is 0 Å². The quantitative estimate of drug-likeness (QED) is 0.741. The van der Waals surface area contributed by atoms with E-state index in [-0.39, 0.29) is 0 Å². The van der Waals surface area contributed by atoms with E-state index in [2.05, 4.69) is 74.7 Å². The molecule has 2 nitrogen and oxygen atoms in total. The molecule has 0 unspecified atom stereocenters. The van der Waals surface area contributed by atoms with Gasteiger partial charge < -0.3 is 10.6 Å². The zero-order valence-electron chi connectivity index (χ0n) is 13.6. The van der Waals surface area contributed by atoms with E-state index in [9.17, 15) is 0 Å². The first-order valence-corrected chi connectivity index (χ1v) is 7.69. The predicted molar refractivity (Wildman–Crippen MR) is 93.4 cm³/mol. The fourth-order valence-electron chi connectivity index (χ4n) is 2.75. The van der Waals surface area contributed by atoms with Crippen molar-refractivity contribution in [2.75, 3.05) is 23.7 Å². The van der Waals surface area contributed by atoms with Crippen LogP contribution in [-0.4, -0.2) is 13.1 Å².